The van der Waals surface area contributed by atoms with E-state index in [0.717, 1.165) is 30.0 Å². The fourth-order valence-corrected chi connectivity index (χ4v) is 4.28. The summed E-state index contributed by atoms with van der Waals surface area (Å²) in [6.45, 7) is 1.96. The lowest BCUT2D eigenvalue weighted by atomic mass is 10.0. The normalized spacial score (nSPS) is 11.0. The van der Waals surface area contributed by atoms with Gasteiger partial charge in [0.2, 0.25) is 0 Å². The Morgan fingerprint density at radius 3 is 2.53 bits per heavy atom. The molecule has 8 heteroatoms. The smallest absolute Gasteiger partial charge is 0.345 e. The van der Waals surface area contributed by atoms with Gasteiger partial charge in [0.05, 0.1) is 16.8 Å². The van der Waals surface area contributed by atoms with Crippen LogP contribution in [-0.4, -0.2) is 24.7 Å². The molecule has 194 valence electrons. The van der Waals surface area contributed by atoms with Crippen molar-refractivity contribution in [2.45, 2.75) is 26.2 Å². The number of ether oxygens (including phenoxy) is 2. The number of nitrogens with zero attached hydrogens (tertiary/aromatic N) is 1. The summed E-state index contributed by atoms with van der Waals surface area (Å²) in [5, 5.41) is 6.38. The van der Waals surface area contributed by atoms with Crippen LogP contribution in [-0.2, 0) is 11.2 Å². The van der Waals surface area contributed by atoms with Gasteiger partial charge in [0, 0.05) is 10.6 Å². The fourth-order valence-electron chi connectivity index (χ4n) is 3.79. The number of carbonyl (C=O) groups is 2. The molecule has 38 heavy (non-hydrogen) atoms. The number of rotatable bonds is 10. The largest absolute Gasteiger partial charge is 0.484 e. The Kier molecular flexibility index (Phi) is 9.35. The zero-order valence-corrected chi connectivity index (χ0v) is 22.3. The molecule has 0 aliphatic heterocycles. The van der Waals surface area contributed by atoms with Crippen LogP contribution >= 0.6 is 23.2 Å². The molecule has 0 spiro atoms. The predicted molar refractivity (Wildman–Crippen MR) is 152 cm³/mol. The number of benzene rings is 4. The number of halogens is 2. The van der Waals surface area contributed by atoms with Crippen molar-refractivity contribution in [1.29, 1.82) is 0 Å². The summed E-state index contributed by atoms with van der Waals surface area (Å²) >= 11 is 12.1. The van der Waals surface area contributed by atoms with Gasteiger partial charge in [-0.1, -0.05) is 79.0 Å². The first kappa shape index (κ1) is 27.2. The van der Waals surface area contributed by atoms with Crippen molar-refractivity contribution in [2.75, 3.05) is 6.61 Å². The maximum Gasteiger partial charge on any atom is 0.345 e. The molecule has 0 atom stereocenters. The molecule has 4 aromatic rings. The van der Waals surface area contributed by atoms with E-state index in [2.05, 4.69) is 17.5 Å². The number of hydrazone groups is 1. The zero-order chi connectivity index (χ0) is 26.9. The van der Waals surface area contributed by atoms with Crippen molar-refractivity contribution >= 4 is 52.1 Å². The minimum Gasteiger partial charge on any atom is -0.484 e. The molecule has 0 aliphatic carbocycles. The summed E-state index contributed by atoms with van der Waals surface area (Å²) in [6, 6.07) is 23.3. The van der Waals surface area contributed by atoms with Crippen molar-refractivity contribution in [3.8, 4) is 11.5 Å². The first-order valence-electron chi connectivity index (χ1n) is 12.2. The Morgan fingerprint density at radius 1 is 0.974 bits per heavy atom. The predicted octanol–water partition coefficient (Wildman–Crippen LogP) is 7.24. The summed E-state index contributed by atoms with van der Waals surface area (Å²) < 4.78 is 11.2. The highest BCUT2D eigenvalue weighted by atomic mass is 35.5. The second kappa shape index (κ2) is 13.1. The maximum atomic E-state index is 12.8. The van der Waals surface area contributed by atoms with E-state index >= 15 is 0 Å². The molecule has 0 aliphatic rings. The lowest BCUT2D eigenvalue weighted by Gasteiger charge is -2.11. The van der Waals surface area contributed by atoms with Crippen LogP contribution in [0.4, 0.5) is 0 Å². The van der Waals surface area contributed by atoms with Gasteiger partial charge in [-0.2, -0.15) is 5.10 Å². The van der Waals surface area contributed by atoms with Crippen molar-refractivity contribution in [2.24, 2.45) is 5.10 Å². The van der Waals surface area contributed by atoms with E-state index in [1.807, 2.05) is 54.6 Å². The average Bonchev–Trinajstić information content (AvgIpc) is 2.92. The lowest BCUT2D eigenvalue weighted by molar-refractivity contribution is -0.123. The first-order chi connectivity index (χ1) is 18.4. The molecule has 0 radical (unpaired) electrons. The summed E-state index contributed by atoms with van der Waals surface area (Å²) in [7, 11) is 0. The van der Waals surface area contributed by atoms with Gasteiger partial charge >= 0.3 is 5.97 Å². The molecular weight excluding hydrogens is 523 g/mol. The molecular formula is C30H26Cl2N2O4. The van der Waals surface area contributed by atoms with Crippen molar-refractivity contribution in [3.05, 3.63) is 106 Å². The molecule has 4 rings (SSSR count). The number of aryl methyl sites for hydroxylation is 1. The van der Waals surface area contributed by atoms with Crippen LogP contribution in [0.2, 0.25) is 10.0 Å². The molecule has 0 aromatic heterocycles. The topological polar surface area (TPSA) is 77.0 Å². The zero-order valence-electron chi connectivity index (χ0n) is 20.7. The number of fused-ring (bicyclic) bond motifs is 1. The summed E-state index contributed by atoms with van der Waals surface area (Å²) in [5.74, 6) is -0.205. The molecule has 1 N–H and O–H groups in total. The Balaban J connectivity index is 1.45. The SMILES string of the molecule is CCCCc1ccc(OCC(=O)N/N=C/c2c(OC(=O)c3ccc(Cl)cc3Cl)ccc3ccccc23)cc1. The third-order valence-electron chi connectivity index (χ3n) is 5.78. The van der Waals surface area contributed by atoms with Crippen LogP contribution < -0.4 is 14.9 Å². The molecule has 0 fully saturated rings. The number of hydrogen-bond acceptors (Lipinski definition) is 5. The fraction of sp³-hybridized carbons (Fsp3) is 0.167. The van der Waals surface area contributed by atoms with Crippen LogP contribution in [0.3, 0.4) is 0 Å². The second-order valence-corrected chi connectivity index (χ2v) is 9.39. The molecule has 0 saturated heterocycles. The van der Waals surface area contributed by atoms with Crippen LogP contribution in [0, 0.1) is 0 Å². The van der Waals surface area contributed by atoms with Gasteiger partial charge in [0.25, 0.3) is 5.91 Å². The summed E-state index contributed by atoms with van der Waals surface area (Å²) in [4.78, 5) is 25.2. The monoisotopic (exact) mass is 548 g/mol. The highest BCUT2D eigenvalue weighted by molar-refractivity contribution is 6.36. The molecule has 1 amide bonds. The van der Waals surface area contributed by atoms with Gasteiger partial charge in [-0.3, -0.25) is 4.79 Å². The summed E-state index contributed by atoms with van der Waals surface area (Å²) in [6.07, 6.45) is 4.73. The Hall–Kier alpha value is -3.87. The van der Waals surface area contributed by atoms with E-state index in [0.29, 0.717) is 16.3 Å². The highest BCUT2D eigenvalue weighted by Crippen LogP contribution is 2.29. The number of nitrogens with one attached hydrogen (secondary N) is 1. The molecule has 0 unspecified atom stereocenters. The lowest BCUT2D eigenvalue weighted by Crippen LogP contribution is -2.24. The average molecular weight is 549 g/mol. The van der Waals surface area contributed by atoms with Gasteiger partial charge in [-0.15, -0.1) is 0 Å². The number of hydrogen-bond donors (Lipinski definition) is 1. The van der Waals surface area contributed by atoms with Crippen molar-refractivity contribution in [3.63, 3.8) is 0 Å². The minimum absolute atomic E-state index is 0.177. The standard InChI is InChI=1S/C30H26Cl2N2O4/c1-2-3-6-20-9-13-23(14-10-20)37-19-29(35)34-33-18-26-24-8-5-4-7-21(24)11-16-28(26)38-30(36)25-15-12-22(31)17-27(25)32/h4-5,7-18H,2-3,6,19H2,1H3,(H,34,35)/b33-18+. The van der Waals surface area contributed by atoms with E-state index in [1.165, 1.54) is 23.9 Å². The van der Waals surface area contributed by atoms with E-state index in [1.54, 1.807) is 12.1 Å². The van der Waals surface area contributed by atoms with Crippen LogP contribution in [0.25, 0.3) is 10.8 Å². The van der Waals surface area contributed by atoms with Crippen LogP contribution in [0.1, 0.15) is 41.3 Å². The quantitative estimate of drug-likeness (QED) is 0.0980. The van der Waals surface area contributed by atoms with Gasteiger partial charge < -0.3 is 9.47 Å². The molecule has 0 bridgehead atoms. The van der Waals surface area contributed by atoms with Crippen LogP contribution in [0.5, 0.6) is 11.5 Å². The van der Waals surface area contributed by atoms with Gasteiger partial charge in [-0.25, -0.2) is 10.2 Å². The number of unbranched alkanes of at least 4 members (excludes halogenated alkanes) is 1. The second-order valence-electron chi connectivity index (χ2n) is 8.54. The maximum absolute atomic E-state index is 12.8. The summed E-state index contributed by atoms with van der Waals surface area (Å²) in [5.41, 5.74) is 4.39. The number of esters is 1. The highest BCUT2D eigenvalue weighted by Gasteiger charge is 2.16. The number of carbonyl (C=O) groups excluding carboxylic acids is 2. The van der Waals surface area contributed by atoms with Gasteiger partial charge in [0.15, 0.2) is 6.61 Å². The third kappa shape index (κ3) is 7.12. The van der Waals surface area contributed by atoms with E-state index in [4.69, 9.17) is 32.7 Å². The van der Waals surface area contributed by atoms with Gasteiger partial charge in [-0.05, 0) is 65.6 Å². The van der Waals surface area contributed by atoms with Gasteiger partial charge in [0.1, 0.15) is 11.5 Å². The van der Waals surface area contributed by atoms with Crippen LogP contribution in [0.15, 0.2) is 84.0 Å². The first-order valence-corrected chi connectivity index (χ1v) is 12.9. The third-order valence-corrected chi connectivity index (χ3v) is 6.33. The van der Waals surface area contributed by atoms with Crippen molar-refractivity contribution in [1.82, 2.24) is 5.43 Å². The van der Waals surface area contributed by atoms with E-state index in [-0.39, 0.29) is 22.9 Å². The Labute approximate surface area is 231 Å². The van der Waals surface area contributed by atoms with E-state index < -0.39 is 11.9 Å². The molecule has 6 nitrogen and oxygen atoms in total. The Bertz CT molecular complexity index is 1470. The minimum atomic E-state index is -0.644. The van der Waals surface area contributed by atoms with Crippen molar-refractivity contribution < 1.29 is 19.1 Å². The molecule has 0 saturated carbocycles. The molecule has 0 heterocycles. The molecule has 4 aromatic carbocycles. The Morgan fingerprint density at radius 2 is 1.76 bits per heavy atom. The van der Waals surface area contributed by atoms with E-state index in [9.17, 15) is 9.59 Å². The number of amides is 1.